The fourth-order valence-electron chi connectivity index (χ4n) is 3.95. The van der Waals surface area contributed by atoms with Gasteiger partial charge in [0.1, 0.15) is 5.82 Å². The van der Waals surface area contributed by atoms with Crippen LogP contribution in [-0.4, -0.2) is 64.1 Å². The number of hydrogen-bond donors (Lipinski definition) is 4. The summed E-state index contributed by atoms with van der Waals surface area (Å²) in [7, 11) is 0. The van der Waals surface area contributed by atoms with Crippen LogP contribution in [0.15, 0.2) is 42.6 Å². The first-order valence-corrected chi connectivity index (χ1v) is 11.2. The molecule has 1 aliphatic heterocycles. The molecule has 4 rings (SSSR count). The van der Waals surface area contributed by atoms with Gasteiger partial charge < -0.3 is 10.6 Å². The Kier molecular flexibility index (Phi) is 7.01. The number of carbonyl (C=O) groups is 2. The second-order valence-corrected chi connectivity index (χ2v) is 8.44. The molecule has 4 N–H and O–H groups in total. The summed E-state index contributed by atoms with van der Waals surface area (Å²) in [5.74, 6) is -3.51. The number of likely N-dealkylation sites (tertiary alicyclic amines) is 1. The molecule has 2 aromatic heterocycles. The number of aromatic nitrogens is 3. The Morgan fingerprint density at radius 3 is 2.68 bits per heavy atom. The molecular weight excluding hydrogens is 444 g/mol. The minimum Gasteiger partial charge on any atom is -0.345 e. The molecule has 1 aliphatic rings. The molecule has 0 spiro atoms. The van der Waals surface area contributed by atoms with Crippen LogP contribution in [0.1, 0.15) is 41.9 Å². The van der Waals surface area contributed by atoms with Crippen molar-refractivity contribution in [1.82, 2.24) is 30.7 Å². The molecule has 3 aromatic rings. The van der Waals surface area contributed by atoms with Crippen LogP contribution < -0.4 is 16.0 Å². The van der Waals surface area contributed by atoms with Gasteiger partial charge in [0.05, 0.1) is 30.0 Å². The number of hydrogen-bond acceptors (Lipinski definition) is 5. The highest BCUT2D eigenvalue weighted by atomic mass is 19.3. The molecule has 180 valence electrons. The Bertz CT molecular complexity index is 1150. The number of halogens is 2. The molecule has 0 aliphatic carbocycles. The molecular formula is C23H27F2N7O2. The largest absolute Gasteiger partial charge is 0.345 e. The summed E-state index contributed by atoms with van der Waals surface area (Å²) < 4.78 is 28.4. The van der Waals surface area contributed by atoms with Crippen molar-refractivity contribution in [2.75, 3.05) is 31.5 Å². The van der Waals surface area contributed by atoms with Crippen molar-refractivity contribution in [2.24, 2.45) is 0 Å². The van der Waals surface area contributed by atoms with E-state index in [1.54, 1.807) is 4.90 Å². The number of H-pyrrole nitrogens is 1. The SMILES string of the molecule is CC(NC(=O)Nc1cc2[nH]nc(C(=O)NCC(F)(F)CN3CCCC3)c2cn1)c1ccccc1. The molecule has 3 amide bonds. The lowest BCUT2D eigenvalue weighted by Crippen LogP contribution is -2.44. The second-order valence-electron chi connectivity index (χ2n) is 8.44. The van der Waals surface area contributed by atoms with Crippen molar-refractivity contribution >= 4 is 28.7 Å². The van der Waals surface area contributed by atoms with Gasteiger partial charge in [-0.25, -0.2) is 18.6 Å². The minimum atomic E-state index is -3.04. The van der Waals surface area contributed by atoms with Crippen molar-refractivity contribution in [3.8, 4) is 0 Å². The highest BCUT2D eigenvalue weighted by molar-refractivity contribution is 6.05. The fourth-order valence-corrected chi connectivity index (χ4v) is 3.95. The Balaban J connectivity index is 1.34. The number of nitrogens with zero attached hydrogens (tertiary/aromatic N) is 3. The zero-order valence-corrected chi connectivity index (χ0v) is 18.8. The summed E-state index contributed by atoms with van der Waals surface area (Å²) in [6.45, 7) is 2.01. The maximum atomic E-state index is 14.2. The molecule has 1 aromatic carbocycles. The predicted octanol–water partition coefficient (Wildman–Crippen LogP) is 3.30. The van der Waals surface area contributed by atoms with E-state index in [4.69, 9.17) is 0 Å². The average Bonchev–Trinajstić information content (AvgIpc) is 3.47. The maximum absolute atomic E-state index is 14.2. The van der Waals surface area contributed by atoms with Crippen molar-refractivity contribution in [1.29, 1.82) is 0 Å². The minimum absolute atomic E-state index is 0.0341. The van der Waals surface area contributed by atoms with Crippen LogP contribution in [0.4, 0.5) is 19.4 Å². The standard InChI is InChI=1S/C23H27F2N7O2/c1-15(16-7-3-2-4-8-16)28-22(34)29-19-11-18-17(12-26-19)20(31-30-18)21(33)27-13-23(24,25)14-32-9-5-6-10-32/h2-4,7-8,11-12,15H,5-6,9-10,13-14H2,1H3,(H,27,33)(H,30,31)(H2,26,28,29,34). The van der Waals surface area contributed by atoms with Crippen LogP contribution in [0.25, 0.3) is 10.9 Å². The maximum Gasteiger partial charge on any atom is 0.320 e. The number of anilines is 1. The van der Waals surface area contributed by atoms with E-state index in [0.29, 0.717) is 24.0 Å². The summed E-state index contributed by atoms with van der Waals surface area (Å²) in [5.41, 5.74) is 1.36. The fraction of sp³-hybridized carbons (Fsp3) is 0.391. The molecule has 0 bridgehead atoms. The topological polar surface area (TPSA) is 115 Å². The quantitative estimate of drug-likeness (QED) is 0.402. The first-order chi connectivity index (χ1) is 16.3. The Morgan fingerprint density at radius 1 is 1.21 bits per heavy atom. The Hall–Kier alpha value is -3.60. The lowest BCUT2D eigenvalue weighted by atomic mass is 10.1. The number of carbonyl (C=O) groups excluding carboxylic acids is 2. The summed E-state index contributed by atoms with van der Waals surface area (Å²) in [6.07, 6.45) is 3.20. The molecule has 1 fully saturated rings. The van der Waals surface area contributed by atoms with E-state index in [1.165, 1.54) is 12.3 Å². The van der Waals surface area contributed by atoms with Gasteiger partial charge in [-0.3, -0.25) is 20.1 Å². The van der Waals surface area contributed by atoms with Gasteiger partial charge in [-0.1, -0.05) is 30.3 Å². The molecule has 11 heteroatoms. The number of amides is 3. The van der Waals surface area contributed by atoms with E-state index in [0.717, 1.165) is 18.4 Å². The molecule has 34 heavy (non-hydrogen) atoms. The van der Waals surface area contributed by atoms with E-state index in [-0.39, 0.29) is 24.1 Å². The monoisotopic (exact) mass is 471 g/mol. The predicted molar refractivity (Wildman–Crippen MR) is 124 cm³/mol. The molecule has 0 saturated carbocycles. The van der Waals surface area contributed by atoms with Gasteiger partial charge in [0.15, 0.2) is 5.69 Å². The molecule has 0 radical (unpaired) electrons. The molecule has 1 unspecified atom stereocenters. The highest BCUT2D eigenvalue weighted by Gasteiger charge is 2.33. The number of alkyl halides is 2. The first-order valence-electron chi connectivity index (χ1n) is 11.2. The highest BCUT2D eigenvalue weighted by Crippen LogP contribution is 2.20. The number of benzene rings is 1. The van der Waals surface area contributed by atoms with Crippen molar-refractivity contribution in [3.05, 3.63) is 53.9 Å². The summed E-state index contributed by atoms with van der Waals surface area (Å²) in [5, 5.41) is 14.7. The summed E-state index contributed by atoms with van der Waals surface area (Å²) in [4.78, 5) is 30.6. The average molecular weight is 472 g/mol. The van der Waals surface area contributed by atoms with Crippen molar-refractivity contribution in [3.63, 3.8) is 0 Å². The van der Waals surface area contributed by atoms with Gasteiger partial charge in [0.25, 0.3) is 11.8 Å². The number of pyridine rings is 1. The van der Waals surface area contributed by atoms with Crippen LogP contribution in [0.3, 0.4) is 0 Å². The molecule has 9 nitrogen and oxygen atoms in total. The van der Waals surface area contributed by atoms with Crippen LogP contribution >= 0.6 is 0 Å². The lowest BCUT2D eigenvalue weighted by Gasteiger charge is -2.23. The third kappa shape index (κ3) is 5.84. The molecule has 1 saturated heterocycles. The number of rotatable bonds is 8. The third-order valence-electron chi connectivity index (χ3n) is 5.71. The first kappa shape index (κ1) is 23.6. The van der Waals surface area contributed by atoms with Crippen LogP contribution in [0.5, 0.6) is 0 Å². The van der Waals surface area contributed by atoms with E-state index in [1.807, 2.05) is 37.3 Å². The lowest BCUT2D eigenvalue weighted by molar-refractivity contribution is -0.0243. The van der Waals surface area contributed by atoms with E-state index in [9.17, 15) is 18.4 Å². The summed E-state index contributed by atoms with van der Waals surface area (Å²) in [6, 6.07) is 10.4. The number of aromatic amines is 1. The van der Waals surface area contributed by atoms with Gasteiger partial charge in [-0.15, -0.1) is 0 Å². The van der Waals surface area contributed by atoms with E-state index < -0.39 is 24.4 Å². The van der Waals surface area contributed by atoms with Crippen LogP contribution in [0, 0.1) is 0 Å². The van der Waals surface area contributed by atoms with Crippen molar-refractivity contribution < 1.29 is 18.4 Å². The molecule has 1 atom stereocenters. The number of nitrogens with one attached hydrogen (secondary N) is 4. The van der Waals surface area contributed by atoms with Crippen LogP contribution in [-0.2, 0) is 0 Å². The Labute approximate surface area is 195 Å². The smallest absolute Gasteiger partial charge is 0.320 e. The van der Waals surface area contributed by atoms with E-state index in [2.05, 4.69) is 31.1 Å². The number of urea groups is 1. The van der Waals surface area contributed by atoms with Gasteiger partial charge >= 0.3 is 6.03 Å². The zero-order valence-electron chi connectivity index (χ0n) is 18.8. The summed E-state index contributed by atoms with van der Waals surface area (Å²) >= 11 is 0. The Morgan fingerprint density at radius 2 is 1.94 bits per heavy atom. The third-order valence-corrected chi connectivity index (χ3v) is 5.71. The van der Waals surface area contributed by atoms with Crippen molar-refractivity contribution in [2.45, 2.75) is 31.7 Å². The van der Waals surface area contributed by atoms with Gasteiger partial charge in [-0.2, -0.15) is 5.10 Å². The second kappa shape index (κ2) is 10.1. The van der Waals surface area contributed by atoms with Gasteiger partial charge in [-0.05, 0) is 38.4 Å². The van der Waals surface area contributed by atoms with Crippen LogP contribution in [0.2, 0.25) is 0 Å². The zero-order chi connectivity index (χ0) is 24.1. The number of fused-ring (bicyclic) bond motifs is 1. The normalized spacial score (nSPS) is 15.3. The van der Waals surface area contributed by atoms with Gasteiger partial charge in [0, 0.05) is 12.3 Å². The molecule has 3 heterocycles. The van der Waals surface area contributed by atoms with E-state index >= 15 is 0 Å². The van der Waals surface area contributed by atoms with Gasteiger partial charge in [0.2, 0.25) is 0 Å².